The van der Waals surface area contributed by atoms with Gasteiger partial charge in [0.05, 0.1) is 11.8 Å². The first-order valence-corrected chi connectivity index (χ1v) is 6.73. The number of aromatic nitrogens is 2. The number of hydrogen-bond donors (Lipinski definition) is 2. The number of anilines is 1. The van der Waals surface area contributed by atoms with Gasteiger partial charge in [0, 0.05) is 13.1 Å². The van der Waals surface area contributed by atoms with Gasteiger partial charge in [0.2, 0.25) is 0 Å². The first kappa shape index (κ1) is 12.6. The van der Waals surface area contributed by atoms with Crippen LogP contribution in [0.3, 0.4) is 0 Å². The molecule has 0 spiro atoms. The number of rotatable bonds is 2. The molecule has 0 radical (unpaired) electrons. The average molecular weight is 267 g/mol. The molecule has 5 nitrogen and oxygen atoms in total. The lowest BCUT2D eigenvalue weighted by Crippen LogP contribution is -2.27. The zero-order valence-electron chi connectivity index (χ0n) is 11.2. The van der Waals surface area contributed by atoms with Crippen molar-refractivity contribution >= 4 is 11.7 Å². The third-order valence-corrected chi connectivity index (χ3v) is 3.64. The number of nitrogens with two attached hydrogens (primary N) is 1. The Morgan fingerprint density at radius 2 is 2.00 bits per heavy atom. The third-order valence-electron chi connectivity index (χ3n) is 3.64. The smallest absolute Gasteiger partial charge is 0.162 e. The maximum atomic E-state index is 7.68. The highest BCUT2D eigenvalue weighted by Crippen LogP contribution is 2.24. The van der Waals surface area contributed by atoms with Crippen LogP contribution >= 0.6 is 0 Å². The molecule has 0 saturated heterocycles. The summed E-state index contributed by atoms with van der Waals surface area (Å²) >= 11 is 0. The Bertz CT molecular complexity index is 638. The highest BCUT2D eigenvalue weighted by Gasteiger charge is 2.19. The largest absolute Gasteiger partial charge is 0.384 e. The molecular formula is C15H17N5. The van der Waals surface area contributed by atoms with Crippen molar-refractivity contribution in [2.75, 3.05) is 11.4 Å². The molecule has 0 atom stereocenters. The Morgan fingerprint density at radius 3 is 2.80 bits per heavy atom. The van der Waals surface area contributed by atoms with Gasteiger partial charge in [-0.2, -0.15) is 5.10 Å². The van der Waals surface area contributed by atoms with Gasteiger partial charge >= 0.3 is 0 Å². The lowest BCUT2D eigenvalue weighted by molar-refractivity contribution is 0.744. The van der Waals surface area contributed by atoms with E-state index in [1.165, 1.54) is 11.1 Å². The van der Waals surface area contributed by atoms with Crippen LogP contribution in [-0.2, 0) is 13.0 Å². The first-order chi connectivity index (χ1) is 9.75. The number of nitrogen functional groups attached to an aromatic ring is 1. The van der Waals surface area contributed by atoms with E-state index in [2.05, 4.69) is 39.4 Å². The molecule has 0 bridgehead atoms. The zero-order chi connectivity index (χ0) is 13.9. The summed E-state index contributed by atoms with van der Waals surface area (Å²) in [7, 11) is 0. The van der Waals surface area contributed by atoms with E-state index in [-0.39, 0.29) is 5.84 Å². The highest BCUT2D eigenvalue weighted by atomic mass is 15.3. The Morgan fingerprint density at radius 1 is 1.20 bits per heavy atom. The quantitative estimate of drug-likeness (QED) is 0.641. The highest BCUT2D eigenvalue weighted by molar-refractivity contribution is 5.99. The molecule has 1 aliphatic rings. The molecule has 0 amide bonds. The Balaban J connectivity index is 1.98. The van der Waals surface area contributed by atoms with Crippen LogP contribution in [0.4, 0.5) is 5.82 Å². The Hall–Kier alpha value is -2.43. The van der Waals surface area contributed by atoms with Gasteiger partial charge in [-0.05, 0) is 30.0 Å². The van der Waals surface area contributed by atoms with Gasteiger partial charge < -0.3 is 10.6 Å². The average Bonchev–Trinajstić information content (AvgIpc) is 2.69. The number of nitrogens with one attached hydrogen (secondary N) is 1. The molecule has 0 saturated carbocycles. The lowest BCUT2D eigenvalue weighted by Gasteiger charge is -2.23. The van der Waals surface area contributed by atoms with E-state index in [1.54, 1.807) is 12.3 Å². The molecular weight excluding hydrogens is 250 g/mol. The molecule has 1 aromatic heterocycles. The summed E-state index contributed by atoms with van der Waals surface area (Å²) in [5.41, 5.74) is 9.00. The van der Waals surface area contributed by atoms with Crippen LogP contribution in [0.25, 0.3) is 0 Å². The van der Waals surface area contributed by atoms with Gasteiger partial charge in [-0.3, -0.25) is 5.41 Å². The van der Waals surface area contributed by atoms with Crippen molar-refractivity contribution in [1.29, 1.82) is 5.41 Å². The fourth-order valence-electron chi connectivity index (χ4n) is 2.65. The van der Waals surface area contributed by atoms with Crippen LogP contribution in [-0.4, -0.2) is 22.6 Å². The van der Waals surface area contributed by atoms with E-state index in [9.17, 15) is 0 Å². The monoisotopic (exact) mass is 267 g/mol. The van der Waals surface area contributed by atoms with Gasteiger partial charge in [-0.25, -0.2) is 0 Å². The lowest BCUT2D eigenvalue weighted by atomic mass is 10.0. The summed E-state index contributed by atoms with van der Waals surface area (Å²) in [5, 5.41) is 15.8. The SMILES string of the molecule is N=C(N)c1ccnnc1N1CCCc2ccccc2C1. The number of fused-ring (bicyclic) bond motifs is 1. The van der Waals surface area contributed by atoms with Crippen molar-refractivity contribution in [2.45, 2.75) is 19.4 Å². The number of benzene rings is 1. The maximum Gasteiger partial charge on any atom is 0.162 e. The van der Waals surface area contributed by atoms with Crippen molar-refractivity contribution in [3.8, 4) is 0 Å². The molecule has 5 heteroatoms. The molecule has 0 fully saturated rings. The van der Waals surface area contributed by atoms with E-state index in [1.807, 2.05) is 0 Å². The summed E-state index contributed by atoms with van der Waals surface area (Å²) in [6.45, 7) is 1.68. The van der Waals surface area contributed by atoms with Gasteiger partial charge in [0.25, 0.3) is 0 Å². The minimum absolute atomic E-state index is 0.0347. The normalized spacial score (nSPS) is 14.5. The van der Waals surface area contributed by atoms with Crippen LogP contribution in [0.2, 0.25) is 0 Å². The first-order valence-electron chi connectivity index (χ1n) is 6.73. The van der Waals surface area contributed by atoms with Gasteiger partial charge in [0.1, 0.15) is 5.84 Å². The predicted octanol–water partition coefficient (Wildman–Crippen LogP) is 1.71. The van der Waals surface area contributed by atoms with Crippen molar-refractivity contribution in [3.63, 3.8) is 0 Å². The second-order valence-corrected chi connectivity index (χ2v) is 4.98. The number of hydrogen-bond acceptors (Lipinski definition) is 4. The molecule has 2 heterocycles. The number of nitrogens with zero attached hydrogens (tertiary/aromatic N) is 3. The molecule has 3 rings (SSSR count). The minimum Gasteiger partial charge on any atom is -0.384 e. The van der Waals surface area contributed by atoms with Crippen LogP contribution in [0.15, 0.2) is 36.5 Å². The van der Waals surface area contributed by atoms with E-state index in [4.69, 9.17) is 11.1 Å². The molecule has 2 aromatic rings. The Kier molecular flexibility index (Phi) is 3.33. The second-order valence-electron chi connectivity index (χ2n) is 4.98. The van der Waals surface area contributed by atoms with Gasteiger partial charge in [-0.15, -0.1) is 5.10 Å². The fraction of sp³-hybridized carbons (Fsp3) is 0.267. The minimum atomic E-state index is 0.0347. The van der Waals surface area contributed by atoms with Gasteiger partial charge in [0.15, 0.2) is 5.82 Å². The van der Waals surface area contributed by atoms with E-state index < -0.39 is 0 Å². The summed E-state index contributed by atoms with van der Waals surface area (Å²) in [4.78, 5) is 2.16. The third kappa shape index (κ3) is 2.34. The van der Waals surface area contributed by atoms with Crippen molar-refractivity contribution in [1.82, 2.24) is 10.2 Å². The molecule has 20 heavy (non-hydrogen) atoms. The summed E-state index contributed by atoms with van der Waals surface area (Å²) in [6, 6.07) is 10.2. The molecule has 1 aromatic carbocycles. The maximum absolute atomic E-state index is 7.68. The van der Waals surface area contributed by atoms with Crippen LogP contribution < -0.4 is 10.6 Å². The van der Waals surface area contributed by atoms with Crippen LogP contribution in [0.1, 0.15) is 23.1 Å². The van der Waals surface area contributed by atoms with Crippen LogP contribution in [0.5, 0.6) is 0 Å². The molecule has 1 aliphatic heterocycles. The van der Waals surface area contributed by atoms with Crippen molar-refractivity contribution in [2.24, 2.45) is 5.73 Å². The zero-order valence-corrected chi connectivity index (χ0v) is 11.2. The predicted molar refractivity (Wildman–Crippen MR) is 78.9 cm³/mol. The summed E-state index contributed by atoms with van der Waals surface area (Å²) in [6.07, 6.45) is 3.71. The van der Waals surface area contributed by atoms with Gasteiger partial charge in [-0.1, -0.05) is 24.3 Å². The molecule has 102 valence electrons. The topological polar surface area (TPSA) is 78.9 Å². The fourth-order valence-corrected chi connectivity index (χ4v) is 2.65. The Labute approximate surface area is 118 Å². The van der Waals surface area contributed by atoms with Crippen LogP contribution in [0, 0.1) is 5.41 Å². The van der Waals surface area contributed by atoms with E-state index >= 15 is 0 Å². The standard InChI is InChI=1S/C15H17N5/c16-14(17)13-7-8-18-19-15(13)20-9-3-6-11-4-1-2-5-12(11)10-20/h1-2,4-5,7-8H,3,6,9-10H2,(H3,16,17). The summed E-state index contributed by atoms with van der Waals surface area (Å²) in [5.74, 6) is 0.740. The number of aryl methyl sites for hydroxylation is 1. The molecule has 3 N–H and O–H groups in total. The van der Waals surface area contributed by atoms with E-state index in [0.29, 0.717) is 11.4 Å². The second kappa shape index (κ2) is 5.28. The molecule has 0 unspecified atom stereocenters. The number of amidine groups is 1. The summed E-state index contributed by atoms with van der Waals surface area (Å²) < 4.78 is 0. The van der Waals surface area contributed by atoms with E-state index in [0.717, 1.165) is 25.9 Å². The van der Waals surface area contributed by atoms with Crippen molar-refractivity contribution in [3.05, 3.63) is 53.2 Å². The van der Waals surface area contributed by atoms with Crippen molar-refractivity contribution < 1.29 is 0 Å². The molecule has 0 aliphatic carbocycles.